The van der Waals surface area contributed by atoms with Gasteiger partial charge in [-0.15, -0.1) is 0 Å². The predicted molar refractivity (Wildman–Crippen MR) is 78.5 cm³/mol. The highest BCUT2D eigenvalue weighted by Gasteiger charge is 2.10. The van der Waals surface area contributed by atoms with Crippen LogP contribution in [-0.4, -0.2) is 32.5 Å². The highest BCUT2D eigenvalue weighted by molar-refractivity contribution is 5.85. The van der Waals surface area contributed by atoms with E-state index in [0.717, 1.165) is 16.9 Å². The summed E-state index contributed by atoms with van der Waals surface area (Å²) in [4.78, 5) is 11.6. The standard InChI is InChI=1S/C15H23NO4/c1-6-19-14-10(2)7-13(8-11(14)3)16-15(17)20-9-12(4)18-5/h7-8,12H,6,9H2,1-5H3,(H,16,17). The van der Waals surface area contributed by atoms with Crippen molar-refractivity contribution in [2.45, 2.75) is 33.8 Å². The number of rotatable bonds is 6. The summed E-state index contributed by atoms with van der Waals surface area (Å²) in [5.41, 5.74) is 2.65. The summed E-state index contributed by atoms with van der Waals surface area (Å²) in [7, 11) is 1.57. The first kappa shape index (κ1) is 16.3. The molecule has 0 aliphatic carbocycles. The molecular formula is C15H23NO4. The summed E-state index contributed by atoms with van der Waals surface area (Å²) in [6.45, 7) is 8.50. The van der Waals surface area contributed by atoms with E-state index in [9.17, 15) is 4.79 Å². The van der Waals surface area contributed by atoms with E-state index in [1.165, 1.54) is 0 Å². The average Bonchev–Trinajstić information content (AvgIpc) is 2.40. The van der Waals surface area contributed by atoms with E-state index in [0.29, 0.717) is 12.3 Å². The molecular weight excluding hydrogens is 258 g/mol. The van der Waals surface area contributed by atoms with Crippen molar-refractivity contribution >= 4 is 11.8 Å². The van der Waals surface area contributed by atoms with E-state index in [2.05, 4.69) is 5.32 Å². The van der Waals surface area contributed by atoms with Crippen LogP contribution in [0.3, 0.4) is 0 Å². The molecule has 1 atom stereocenters. The molecule has 20 heavy (non-hydrogen) atoms. The average molecular weight is 281 g/mol. The molecule has 0 aromatic heterocycles. The number of carbonyl (C=O) groups is 1. The number of ether oxygens (including phenoxy) is 3. The van der Waals surface area contributed by atoms with Gasteiger partial charge in [-0.1, -0.05) is 0 Å². The van der Waals surface area contributed by atoms with Crippen LogP contribution in [0.4, 0.5) is 10.5 Å². The van der Waals surface area contributed by atoms with Gasteiger partial charge < -0.3 is 14.2 Å². The quantitative estimate of drug-likeness (QED) is 0.869. The van der Waals surface area contributed by atoms with Gasteiger partial charge in [0.05, 0.1) is 12.7 Å². The zero-order valence-electron chi connectivity index (χ0n) is 12.8. The van der Waals surface area contributed by atoms with Gasteiger partial charge in [-0.2, -0.15) is 0 Å². The van der Waals surface area contributed by atoms with Crippen LogP contribution in [0.2, 0.25) is 0 Å². The van der Waals surface area contributed by atoms with Gasteiger partial charge in [-0.3, -0.25) is 5.32 Å². The summed E-state index contributed by atoms with van der Waals surface area (Å²) in [5, 5.41) is 2.70. The number of amides is 1. The highest BCUT2D eigenvalue weighted by atomic mass is 16.6. The van der Waals surface area contributed by atoms with E-state index in [1.54, 1.807) is 7.11 Å². The Labute approximate surface area is 120 Å². The van der Waals surface area contributed by atoms with Crippen molar-refractivity contribution < 1.29 is 19.0 Å². The van der Waals surface area contributed by atoms with Crippen LogP contribution >= 0.6 is 0 Å². The summed E-state index contributed by atoms with van der Waals surface area (Å²) in [6.07, 6.45) is -0.610. The molecule has 5 heteroatoms. The maximum Gasteiger partial charge on any atom is 0.411 e. The monoisotopic (exact) mass is 281 g/mol. The van der Waals surface area contributed by atoms with Crippen molar-refractivity contribution in [2.24, 2.45) is 0 Å². The Morgan fingerprint density at radius 1 is 1.30 bits per heavy atom. The molecule has 0 radical (unpaired) electrons. The normalized spacial score (nSPS) is 11.8. The third-order valence-electron chi connectivity index (χ3n) is 2.85. The van der Waals surface area contributed by atoms with E-state index < -0.39 is 6.09 Å². The lowest BCUT2D eigenvalue weighted by molar-refractivity contribution is 0.0508. The minimum atomic E-state index is -0.489. The first-order chi connectivity index (χ1) is 9.47. The van der Waals surface area contributed by atoms with E-state index in [-0.39, 0.29) is 12.7 Å². The summed E-state index contributed by atoms with van der Waals surface area (Å²) in [5.74, 6) is 0.861. The number of anilines is 1. The van der Waals surface area contributed by atoms with E-state index >= 15 is 0 Å². The van der Waals surface area contributed by atoms with Crippen LogP contribution in [-0.2, 0) is 9.47 Å². The molecule has 0 aliphatic heterocycles. The third kappa shape index (κ3) is 4.74. The van der Waals surface area contributed by atoms with Gasteiger partial charge in [0.15, 0.2) is 0 Å². The molecule has 0 fully saturated rings. The molecule has 0 saturated carbocycles. The van der Waals surface area contributed by atoms with Crippen molar-refractivity contribution in [3.8, 4) is 5.75 Å². The van der Waals surface area contributed by atoms with Crippen molar-refractivity contribution in [2.75, 3.05) is 25.6 Å². The number of nitrogens with one attached hydrogen (secondary N) is 1. The zero-order chi connectivity index (χ0) is 15.1. The molecule has 0 spiro atoms. The van der Waals surface area contributed by atoms with Gasteiger partial charge in [-0.25, -0.2) is 4.79 Å². The lowest BCUT2D eigenvalue weighted by atomic mass is 10.1. The van der Waals surface area contributed by atoms with Gasteiger partial charge in [0, 0.05) is 12.8 Å². The fraction of sp³-hybridized carbons (Fsp3) is 0.533. The van der Waals surface area contributed by atoms with Gasteiger partial charge >= 0.3 is 6.09 Å². The fourth-order valence-corrected chi connectivity index (χ4v) is 1.81. The number of carbonyl (C=O) groups excluding carboxylic acids is 1. The molecule has 1 unspecified atom stereocenters. The van der Waals surface area contributed by atoms with E-state index in [1.807, 2.05) is 39.8 Å². The largest absolute Gasteiger partial charge is 0.493 e. The second kappa shape index (κ2) is 7.75. The number of aryl methyl sites for hydroxylation is 2. The summed E-state index contributed by atoms with van der Waals surface area (Å²) < 4.78 is 15.6. The Morgan fingerprint density at radius 3 is 2.40 bits per heavy atom. The van der Waals surface area contributed by atoms with Gasteiger partial charge in [0.1, 0.15) is 12.4 Å². The highest BCUT2D eigenvalue weighted by Crippen LogP contribution is 2.27. The molecule has 1 aromatic carbocycles. The van der Waals surface area contributed by atoms with Crippen LogP contribution in [0.5, 0.6) is 5.75 Å². The molecule has 0 bridgehead atoms. The number of hydrogen-bond donors (Lipinski definition) is 1. The number of hydrogen-bond acceptors (Lipinski definition) is 4. The molecule has 1 aromatic rings. The third-order valence-corrected chi connectivity index (χ3v) is 2.85. The fourth-order valence-electron chi connectivity index (χ4n) is 1.81. The Balaban J connectivity index is 2.66. The summed E-state index contributed by atoms with van der Waals surface area (Å²) in [6, 6.07) is 3.72. The van der Waals surface area contributed by atoms with Crippen LogP contribution in [0.15, 0.2) is 12.1 Å². The predicted octanol–water partition coefficient (Wildman–Crippen LogP) is 3.29. The first-order valence-electron chi connectivity index (χ1n) is 6.68. The van der Waals surface area contributed by atoms with Crippen molar-refractivity contribution in [3.63, 3.8) is 0 Å². The topological polar surface area (TPSA) is 56.8 Å². The molecule has 1 N–H and O–H groups in total. The maximum absolute atomic E-state index is 11.6. The number of benzene rings is 1. The summed E-state index contributed by atoms with van der Waals surface area (Å²) >= 11 is 0. The molecule has 112 valence electrons. The van der Waals surface area contributed by atoms with Crippen molar-refractivity contribution in [3.05, 3.63) is 23.3 Å². The van der Waals surface area contributed by atoms with Gasteiger partial charge in [-0.05, 0) is 51.0 Å². The lowest BCUT2D eigenvalue weighted by Gasteiger charge is -2.14. The van der Waals surface area contributed by atoms with Crippen LogP contribution in [0, 0.1) is 13.8 Å². The zero-order valence-corrected chi connectivity index (χ0v) is 12.8. The Bertz CT molecular complexity index is 436. The Morgan fingerprint density at radius 2 is 1.90 bits per heavy atom. The SMILES string of the molecule is CCOc1c(C)cc(NC(=O)OCC(C)OC)cc1C. The molecule has 0 saturated heterocycles. The minimum Gasteiger partial charge on any atom is -0.493 e. The Kier molecular flexibility index (Phi) is 6.31. The van der Waals surface area contributed by atoms with Crippen LogP contribution < -0.4 is 10.1 Å². The van der Waals surface area contributed by atoms with Crippen molar-refractivity contribution in [1.82, 2.24) is 0 Å². The Hall–Kier alpha value is -1.75. The van der Waals surface area contributed by atoms with Gasteiger partial charge in [0.2, 0.25) is 0 Å². The molecule has 0 heterocycles. The van der Waals surface area contributed by atoms with Crippen LogP contribution in [0.25, 0.3) is 0 Å². The minimum absolute atomic E-state index is 0.121. The smallest absolute Gasteiger partial charge is 0.411 e. The molecule has 1 amide bonds. The first-order valence-corrected chi connectivity index (χ1v) is 6.68. The van der Waals surface area contributed by atoms with Crippen LogP contribution in [0.1, 0.15) is 25.0 Å². The lowest BCUT2D eigenvalue weighted by Crippen LogP contribution is -2.21. The van der Waals surface area contributed by atoms with Gasteiger partial charge in [0.25, 0.3) is 0 Å². The molecule has 0 aliphatic rings. The molecule has 1 rings (SSSR count). The second-order valence-corrected chi connectivity index (χ2v) is 4.64. The maximum atomic E-state index is 11.6. The van der Waals surface area contributed by atoms with E-state index in [4.69, 9.17) is 14.2 Å². The van der Waals surface area contributed by atoms with Crippen molar-refractivity contribution in [1.29, 1.82) is 0 Å². The number of methoxy groups -OCH3 is 1. The molecule has 5 nitrogen and oxygen atoms in total. The second-order valence-electron chi connectivity index (χ2n) is 4.64.